The molecule has 3 rings (SSSR count). The summed E-state index contributed by atoms with van der Waals surface area (Å²) in [6.07, 6.45) is 2.59. The molecule has 1 saturated carbocycles. The molecule has 2 aliphatic rings. The molecule has 7 heteroatoms. The molecule has 1 aliphatic carbocycles. The van der Waals surface area contributed by atoms with Crippen molar-refractivity contribution in [2.45, 2.75) is 57.3 Å². The van der Waals surface area contributed by atoms with Crippen LogP contribution < -0.4 is 0 Å². The van der Waals surface area contributed by atoms with E-state index in [4.69, 9.17) is 0 Å². The van der Waals surface area contributed by atoms with E-state index < -0.39 is 18.0 Å². The Morgan fingerprint density at radius 1 is 1.17 bits per heavy atom. The van der Waals surface area contributed by atoms with Crippen LogP contribution in [0.15, 0.2) is 18.5 Å². The number of rotatable bonds is 3. The molecule has 0 spiro atoms. The summed E-state index contributed by atoms with van der Waals surface area (Å²) in [5.41, 5.74) is 0. The minimum absolute atomic E-state index is 0.0433. The second-order valence-corrected chi connectivity index (χ2v) is 6.59. The Labute approximate surface area is 133 Å². The van der Waals surface area contributed by atoms with Crippen LogP contribution in [0.1, 0.15) is 38.5 Å². The molecule has 4 nitrogen and oxygen atoms in total. The fraction of sp³-hybridized carbons (Fsp3) is 0.750. The zero-order chi connectivity index (χ0) is 16.4. The molecule has 0 radical (unpaired) electrons. The first-order valence-electron chi connectivity index (χ1n) is 8.31. The molecule has 23 heavy (non-hydrogen) atoms. The topological polar surface area (TPSA) is 38.1 Å². The summed E-state index contributed by atoms with van der Waals surface area (Å²) in [5, 5.41) is 4.14. The second-order valence-electron chi connectivity index (χ2n) is 6.59. The normalized spacial score (nSPS) is 29.0. The smallest absolute Gasteiger partial charge is 0.338 e. The molecule has 0 bridgehead atoms. The molecule has 1 aliphatic heterocycles. The summed E-state index contributed by atoms with van der Waals surface area (Å²) in [4.78, 5) is 14.5. The summed E-state index contributed by atoms with van der Waals surface area (Å²) in [7, 11) is 0. The maximum atomic E-state index is 13.3. The number of alkyl halides is 3. The predicted molar refractivity (Wildman–Crippen MR) is 78.5 cm³/mol. The largest absolute Gasteiger partial charge is 0.392 e. The van der Waals surface area contributed by atoms with E-state index in [0.29, 0.717) is 32.4 Å². The Hall–Kier alpha value is -1.53. The standard InChI is InChI=1S/C16H22F3N3O/c17-16(18,19)14-7-2-1-6-13(14)15(23)22-10-3-5-12(22)11-21-9-4-8-20-21/h4,8-9,12-14H,1-3,5-7,10-11H2/t12-,13+,14-/m0/s1. The molecule has 1 aromatic rings. The zero-order valence-electron chi connectivity index (χ0n) is 13.0. The number of likely N-dealkylation sites (tertiary alicyclic amines) is 1. The third-order valence-corrected chi connectivity index (χ3v) is 5.12. The lowest BCUT2D eigenvalue weighted by atomic mass is 9.78. The van der Waals surface area contributed by atoms with Gasteiger partial charge in [0, 0.05) is 24.9 Å². The Morgan fingerprint density at radius 3 is 2.65 bits per heavy atom. The van der Waals surface area contributed by atoms with Crippen molar-refractivity contribution in [3.8, 4) is 0 Å². The highest BCUT2D eigenvalue weighted by Crippen LogP contribution is 2.42. The van der Waals surface area contributed by atoms with Gasteiger partial charge in [-0.05, 0) is 31.7 Å². The SMILES string of the molecule is O=C([C@@H]1CCCC[C@@H]1C(F)(F)F)N1CCC[C@H]1Cn1cccn1. The van der Waals surface area contributed by atoms with Gasteiger partial charge in [0.1, 0.15) is 0 Å². The fourth-order valence-electron chi connectivity index (χ4n) is 3.97. The van der Waals surface area contributed by atoms with Gasteiger partial charge < -0.3 is 4.90 Å². The molecule has 0 aromatic carbocycles. The molecule has 0 unspecified atom stereocenters. The van der Waals surface area contributed by atoms with Gasteiger partial charge in [-0.25, -0.2) is 0 Å². The highest BCUT2D eigenvalue weighted by molar-refractivity contribution is 5.80. The lowest BCUT2D eigenvalue weighted by Crippen LogP contribution is -2.47. The van der Waals surface area contributed by atoms with Gasteiger partial charge in [0.2, 0.25) is 5.91 Å². The fourth-order valence-corrected chi connectivity index (χ4v) is 3.97. The molecule has 2 fully saturated rings. The Morgan fingerprint density at radius 2 is 1.96 bits per heavy atom. The van der Waals surface area contributed by atoms with Crippen molar-refractivity contribution >= 4 is 5.91 Å². The molecule has 1 saturated heterocycles. The van der Waals surface area contributed by atoms with E-state index in [9.17, 15) is 18.0 Å². The van der Waals surface area contributed by atoms with Crippen molar-refractivity contribution in [3.05, 3.63) is 18.5 Å². The molecular weight excluding hydrogens is 307 g/mol. The van der Waals surface area contributed by atoms with Crippen molar-refractivity contribution < 1.29 is 18.0 Å². The van der Waals surface area contributed by atoms with Crippen molar-refractivity contribution in [1.82, 2.24) is 14.7 Å². The summed E-state index contributed by atoms with van der Waals surface area (Å²) in [5.74, 6) is -2.68. The van der Waals surface area contributed by atoms with Crippen molar-refractivity contribution in [1.29, 1.82) is 0 Å². The number of halogens is 3. The molecular formula is C16H22F3N3O. The van der Waals surface area contributed by atoms with Crippen molar-refractivity contribution in [2.75, 3.05) is 6.54 Å². The van der Waals surface area contributed by atoms with Crippen molar-refractivity contribution in [2.24, 2.45) is 11.8 Å². The minimum atomic E-state index is -4.28. The van der Waals surface area contributed by atoms with Crippen LogP contribution in [-0.4, -0.2) is 39.4 Å². The first-order chi connectivity index (χ1) is 11.0. The van der Waals surface area contributed by atoms with Gasteiger partial charge in [0.15, 0.2) is 0 Å². The van der Waals surface area contributed by atoms with Crippen LogP contribution in [0.2, 0.25) is 0 Å². The number of hydrogen-bond acceptors (Lipinski definition) is 2. The lowest BCUT2D eigenvalue weighted by molar-refractivity contribution is -0.201. The van der Waals surface area contributed by atoms with Gasteiger partial charge >= 0.3 is 6.18 Å². The average molecular weight is 329 g/mol. The molecule has 3 atom stereocenters. The van der Waals surface area contributed by atoms with E-state index in [0.717, 1.165) is 12.8 Å². The minimum Gasteiger partial charge on any atom is -0.338 e. The molecule has 128 valence electrons. The van der Waals surface area contributed by atoms with Gasteiger partial charge in [-0.1, -0.05) is 12.8 Å². The third kappa shape index (κ3) is 3.53. The van der Waals surface area contributed by atoms with Crippen LogP contribution in [0.3, 0.4) is 0 Å². The summed E-state index contributed by atoms with van der Waals surface area (Å²) in [6, 6.07) is 1.76. The van der Waals surface area contributed by atoms with E-state index in [2.05, 4.69) is 5.10 Å². The van der Waals surface area contributed by atoms with E-state index >= 15 is 0 Å². The Kier molecular flexibility index (Phi) is 4.64. The Balaban J connectivity index is 1.72. The van der Waals surface area contributed by atoms with Crippen LogP contribution in [-0.2, 0) is 11.3 Å². The number of hydrogen-bond donors (Lipinski definition) is 0. The summed E-state index contributed by atoms with van der Waals surface area (Å²) < 4.78 is 41.5. The van der Waals surface area contributed by atoms with Crippen LogP contribution in [0.25, 0.3) is 0 Å². The highest BCUT2D eigenvalue weighted by atomic mass is 19.4. The number of amides is 1. The van der Waals surface area contributed by atoms with E-state index in [-0.39, 0.29) is 18.4 Å². The predicted octanol–water partition coefficient (Wildman–Crippen LogP) is 3.24. The first kappa shape index (κ1) is 16.3. The third-order valence-electron chi connectivity index (χ3n) is 5.12. The van der Waals surface area contributed by atoms with Crippen molar-refractivity contribution in [3.63, 3.8) is 0 Å². The number of aromatic nitrogens is 2. The monoisotopic (exact) mass is 329 g/mol. The van der Waals surface area contributed by atoms with E-state index in [1.165, 1.54) is 0 Å². The average Bonchev–Trinajstić information content (AvgIpc) is 3.18. The van der Waals surface area contributed by atoms with Gasteiger partial charge in [-0.15, -0.1) is 0 Å². The van der Waals surface area contributed by atoms with Gasteiger partial charge in [0.25, 0.3) is 0 Å². The van der Waals surface area contributed by atoms with E-state index in [1.54, 1.807) is 15.8 Å². The summed E-state index contributed by atoms with van der Waals surface area (Å²) in [6.45, 7) is 1.12. The highest BCUT2D eigenvalue weighted by Gasteiger charge is 2.49. The quantitative estimate of drug-likeness (QED) is 0.854. The first-order valence-corrected chi connectivity index (χ1v) is 8.31. The van der Waals surface area contributed by atoms with Gasteiger partial charge in [0.05, 0.1) is 18.5 Å². The lowest BCUT2D eigenvalue weighted by Gasteiger charge is -2.36. The number of nitrogens with zero attached hydrogens (tertiary/aromatic N) is 3. The molecule has 1 aromatic heterocycles. The van der Waals surface area contributed by atoms with Crippen LogP contribution in [0.5, 0.6) is 0 Å². The molecule has 1 amide bonds. The van der Waals surface area contributed by atoms with Crippen LogP contribution in [0.4, 0.5) is 13.2 Å². The maximum Gasteiger partial charge on any atom is 0.392 e. The molecule has 2 heterocycles. The van der Waals surface area contributed by atoms with Crippen LogP contribution >= 0.6 is 0 Å². The second kappa shape index (κ2) is 6.53. The number of carbonyl (C=O) groups is 1. The molecule has 0 N–H and O–H groups in total. The Bertz CT molecular complexity index is 529. The summed E-state index contributed by atoms with van der Waals surface area (Å²) >= 11 is 0. The van der Waals surface area contributed by atoms with E-state index in [1.807, 2.05) is 12.3 Å². The van der Waals surface area contributed by atoms with Gasteiger partial charge in [-0.2, -0.15) is 18.3 Å². The maximum absolute atomic E-state index is 13.3. The zero-order valence-corrected chi connectivity index (χ0v) is 13.0. The van der Waals surface area contributed by atoms with Crippen LogP contribution in [0, 0.1) is 11.8 Å². The van der Waals surface area contributed by atoms with Gasteiger partial charge in [-0.3, -0.25) is 9.48 Å². The number of carbonyl (C=O) groups excluding carboxylic acids is 1.